The summed E-state index contributed by atoms with van der Waals surface area (Å²) in [6.45, 7) is 7.27. The Kier molecular flexibility index (Phi) is 5.59. The first-order chi connectivity index (χ1) is 13.2. The molecule has 27 heavy (non-hydrogen) atoms. The average Bonchev–Trinajstić information content (AvgIpc) is 2.71. The van der Waals surface area contributed by atoms with Gasteiger partial charge in [-0.15, -0.1) is 0 Å². The lowest BCUT2D eigenvalue weighted by Crippen LogP contribution is -2.50. The zero-order valence-corrected chi connectivity index (χ0v) is 16.2. The predicted molar refractivity (Wildman–Crippen MR) is 109 cm³/mol. The summed E-state index contributed by atoms with van der Waals surface area (Å²) in [5.74, 6) is 2.83. The van der Waals surface area contributed by atoms with E-state index in [0.29, 0.717) is 16.8 Å². The number of piperazine rings is 1. The van der Waals surface area contributed by atoms with E-state index < -0.39 is 0 Å². The van der Waals surface area contributed by atoms with Gasteiger partial charge in [0, 0.05) is 52.0 Å². The summed E-state index contributed by atoms with van der Waals surface area (Å²) in [5.41, 5.74) is 5.84. The first-order valence-electron chi connectivity index (χ1n) is 9.60. The fraction of sp³-hybridized carbons (Fsp3) is 0.526. The van der Waals surface area contributed by atoms with Crippen molar-refractivity contribution in [2.45, 2.75) is 12.8 Å². The molecule has 2 aliphatic heterocycles. The molecule has 1 unspecified atom stereocenters. The van der Waals surface area contributed by atoms with Gasteiger partial charge in [-0.2, -0.15) is 0 Å². The minimum Gasteiger partial charge on any atom is -0.382 e. The van der Waals surface area contributed by atoms with E-state index >= 15 is 0 Å². The van der Waals surface area contributed by atoms with Crippen LogP contribution in [0.5, 0.6) is 0 Å². The molecular formula is C19H26ClN7. The lowest BCUT2D eigenvalue weighted by molar-refractivity contribution is 0.205. The summed E-state index contributed by atoms with van der Waals surface area (Å²) < 4.78 is 0. The Hall–Kier alpha value is -2.12. The van der Waals surface area contributed by atoms with Crippen LogP contribution in [0.15, 0.2) is 30.7 Å². The van der Waals surface area contributed by atoms with Crippen molar-refractivity contribution in [2.24, 2.45) is 5.92 Å². The van der Waals surface area contributed by atoms with Crippen LogP contribution in [0.2, 0.25) is 5.02 Å². The van der Waals surface area contributed by atoms with Crippen molar-refractivity contribution in [3.05, 3.63) is 35.7 Å². The van der Waals surface area contributed by atoms with Crippen LogP contribution in [0.25, 0.3) is 0 Å². The lowest BCUT2D eigenvalue weighted by atomic mass is 9.97. The molecule has 0 radical (unpaired) electrons. The molecule has 2 saturated heterocycles. The van der Waals surface area contributed by atoms with Crippen LogP contribution >= 0.6 is 11.6 Å². The van der Waals surface area contributed by atoms with Crippen molar-refractivity contribution >= 4 is 29.1 Å². The highest BCUT2D eigenvalue weighted by molar-refractivity contribution is 6.35. The highest BCUT2D eigenvalue weighted by Crippen LogP contribution is 2.30. The molecule has 0 spiro atoms. The Morgan fingerprint density at radius 3 is 2.67 bits per heavy atom. The van der Waals surface area contributed by atoms with Gasteiger partial charge in [0.05, 0.1) is 0 Å². The smallest absolute Gasteiger partial charge is 0.153 e. The molecule has 8 heteroatoms. The Balaban J connectivity index is 1.32. The molecule has 0 aromatic carbocycles. The lowest BCUT2D eigenvalue weighted by Gasteiger charge is -2.40. The van der Waals surface area contributed by atoms with E-state index in [9.17, 15) is 0 Å². The molecular weight excluding hydrogens is 362 g/mol. The summed E-state index contributed by atoms with van der Waals surface area (Å²) in [6, 6.07) is 6.11. The van der Waals surface area contributed by atoms with Crippen LogP contribution in [0, 0.1) is 5.92 Å². The second-order valence-corrected chi connectivity index (χ2v) is 7.70. The van der Waals surface area contributed by atoms with Gasteiger partial charge in [-0.25, -0.2) is 15.0 Å². The summed E-state index contributed by atoms with van der Waals surface area (Å²) in [7, 11) is 0. The maximum atomic E-state index is 6.33. The van der Waals surface area contributed by atoms with Crippen molar-refractivity contribution < 1.29 is 0 Å². The number of nitrogens with two attached hydrogens (primary N) is 1. The van der Waals surface area contributed by atoms with Gasteiger partial charge in [-0.3, -0.25) is 4.90 Å². The topological polar surface area (TPSA) is 74.4 Å². The fourth-order valence-electron chi connectivity index (χ4n) is 4.07. The number of aromatic nitrogens is 3. The Labute approximate surface area is 165 Å². The average molecular weight is 388 g/mol. The second-order valence-electron chi connectivity index (χ2n) is 7.33. The van der Waals surface area contributed by atoms with Crippen LogP contribution in [-0.2, 0) is 0 Å². The number of piperidine rings is 1. The number of pyridine rings is 1. The van der Waals surface area contributed by atoms with E-state index in [1.165, 1.54) is 12.7 Å². The minimum absolute atomic E-state index is 0.356. The molecule has 4 heterocycles. The summed E-state index contributed by atoms with van der Waals surface area (Å²) in [5, 5.41) is 0.474. The summed E-state index contributed by atoms with van der Waals surface area (Å²) in [6.07, 6.45) is 5.76. The third kappa shape index (κ3) is 4.25. The maximum Gasteiger partial charge on any atom is 0.153 e. The van der Waals surface area contributed by atoms with E-state index in [4.69, 9.17) is 17.3 Å². The van der Waals surface area contributed by atoms with Crippen LogP contribution < -0.4 is 15.5 Å². The molecule has 144 valence electrons. The molecule has 2 aromatic rings. The number of halogens is 1. The van der Waals surface area contributed by atoms with E-state index in [1.54, 1.807) is 0 Å². The highest BCUT2D eigenvalue weighted by atomic mass is 35.5. The Morgan fingerprint density at radius 2 is 1.89 bits per heavy atom. The first-order valence-corrected chi connectivity index (χ1v) is 9.98. The zero-order valence-electron chi connectivity index (χ0n) is 15.5. The normalized spacial score (nSPS) is 21.4. The first kappa shape index (κ1) is 18.3. The number of nitrogens with zero attached hydrogens (tertiary/aromatic N) is 6. The van der Waals surface area contributed by atoms with Gasteiger partial charge >= 0.3 is 0 Å². The van der Waals surface area contributed by atoms with Gasteiger partial charge in [-0.1, -0.05) is 17.7 Å². The van der Waals surface area contributed by atoms with Gasteiger partial charge in [0.15, 0.2) is 5.82 Å². The van der Waals surface area contributed by atoms with E-state index in [1.807, 2.05) is 12.3 Å². The van der Waals surface area contributed by atoms with Crippen LogP contribution in [0.3, 0.4) is 0 Å². The monoisotopic (exact) mass is 387 g/mol. The number of rotatable bonds is 4. The molecule has 2 N–H and O–H groups in total. The molecule has 2 aliphatic rings. The number of hydrogen-bond acceptors (Lipinski definition) is 7. The summed E-state index contributed by atoms with van der Waals surface area (Å²) in [4.78, 5) is 20.0. The standard InChI is InChI=1S/C19H26ClN7/c20-17-18(21)23-14-24-19(17)27-7-3-4-15(13-27)12-25-8-10-26(11-9-25)16-5-1-2-6-22-16/h1-2,5-6,14-15H,3-4,7-13H2,(H2,21,23,24). The van der Waals surface area contributed by atoms with Gasteiger partial charge in [0.2, 0.25) is 0 Å². The maximum absolute atomic E-state index is 6.33. The molecule has 7 nitrogen and oxygen atoms in total. The molecule has 1 atom stereocenters. The molecule has 0 saturated carbocycles. The third-order valence-corrected chi connectivity index (χ3v) is 5.84. The zero-order chi connectivity index (χ0) is 18.6. The fourth-order valence-corrected chi connectivity index (χ4v) is 4.28. The van der Waals surface area contributed by atoms with Crippen molar-refractivity contribution in [2.75, 3.05) is 61.3 Å². The molecule has 0 aliphatic carbocycles. The number of anilines is 3. The third-order valence-electron chi connectivity index (χ3n) is 5.48. The molecule has 2 aromatic heterocycles. The SMILES string of the molecule is Nc1ncnc(N2CCCC(CN3CCN(c4ccccn4)CC3)C2)c1Cl. The largest absolute Gasteiger partial charge is 0.382 e. The van der Waals surface area contributed by atoms with Crippen molar-refractivity contribution in [3.63, 3.8) is 0 Å². The molecule has 4 rings (SSSR count). The van der Waals surface area contributed by atoms with Gasteiger partial charge in [0.25, 0.3) is 0 Å². The Bertz CT molecular complexity index is 749. The minimum atomic E-state index is 0.356. The number of nitrogen functional groups attached to an aromatic ring is 1. The second kappa shape index (κ2) is 8.27. The van der Waals surface area contributed by atoms with Gasteiger partial charge in [-0.05, 0) is 30.9 Å². The molecule has 2 fully saturated rings. The summed E-state index contributed by atoms with van der Waals surface area (Å²) >= 11 is 6.33. The van der Waals surface area contributed by atoms with Crippen LogP contribution in [0.1, 0.15) is 12.8 Å². The van der Waals surface area contributed by atoms with Crippen molar-refractivity contribution in [1.82, 2.24) is 19.9 Å². The van der Waals surface area contributed by atoms with E-state index in [-0.39, 0.29) is 0 Å². The van der Waals surface area contributed by atoms with Crippen LogP contribution in [-0.4, -0.2) is 65.7 Å². The van der Waals surface area contributed by atoms with Gasteiger partial charge < -0.3 is 15.5 Å². The number of hydrogen-bond donors (Lipinski definition) is 1. The Morgan fingerprint density at radius 1 is 1.04 bits per heavy atom. The van der Waals surface area contributed by atoms with Gasteiger partial charge in [0.1, 0.15) is 23.0 Å². The quantitative estimate of drug-likeness (QED) is 0.861. The molecule has 0 bridgehead atoms. The molecule has 0 amide bonds. The van der Waals surface area contributed by atoms with E-state index in [0.717, 1.165) is 63.9 Å². The highest BCUT2D eigenvalue weighted by Gasteiger charge is 2.26. The van der Waals surface area contributed by atoms with Crippen LogP contribution in [0.4, 0.5) is 17.5 Å². The van der Waals surface area contributed by atoms with Crippen molar-refractivity contribution in [1.29, 1.82) is 0 Å². The van der Waals surface area contributed by atoms with Crippen molar-refractivity contribution in [3.8, 4) is 0 Å². The predicted octanol–water partition coefficient (Wildman–Crippen LogP) is 2.15. The van der Waals surface area contributed by atoms with E-state index in [2.05, 4.69) is 41.8 Å².